The number of unbranched alkanes of at least 4 members (excludes halogenated alkanes) is 40. The summed E-state index contributed by atoms with van der Waals surface area (Å²) in [6.45, 7) is 7.53. The molecule has 130 heavy (non-hydrogen) atoms. The van der Waals surface area contributed by atoms with Gasteiger partial charge in [-0.2, -0.15) is 0 Å². The minimum Gasteiger partial charge on any atom is -0.481 e. The van der Waals surface area contributed by atoms with Crippen molar-refractivity contribution in [2.45, 2.75) is 450 Å². The molecule has 25 heteroatoms. The van der Waals surface area contributed by atoms with E-state index in [-0.39, 0.29) is 66.1 Å². The van der Waals surface area contributed by atoms with Crippen LogP contribution >= 0.6 is 0 Å². The lowest BCUT2D eigenvalue weighted by atomic mass is 10.1. The Labute approximate surface area is 790 Å². The molecule has 0 unspecified atom stereocenters. The molecule has 0 saturated heterocycles. The van der Waals surface area contributed by atoms with E-state index in [0.29, 0.717) is 32.1 Å². The number of allylic oxidation sites excluding steroid dienone is 20. The first-order valence-corrected chi connectivity index (χ1v) is 50.0. The Bertz CT molecular complexity index is 2060. The first-order valence-electron chi connectivity index (χ1n) is 50.0. The molecular weight excluding hydrogens is 1660 g/mol. The number of aliphatic hydroxyl groups excluding tert-OH is 15. The molecule has 0 rings (SSSR count). The number of rotatable bonds is 80. The number of carbonyl (C=O) groups is 5. The minimum atomic E-state index is -0.954. The van der Waals surface area contributed by atoms with E-state index >= 15 is 0 Å². The van der Waals surface area contributed by atoms with Crippen LogP contribution in [0.5, 0.6) is 0 Å². The lowest BCUT2D eigenvalue weighted by Gasteiger charge is -1.98. The number of aliphatic hydroxyl groups is 15. The molecule has 0 aromatic carbocycles. The van der Waals surface area contributed by atoms with Gasteiger partial charge in [0, 0.05) is 32.1 Å². The normalized spacial score (nSPS) is 11.3. The zero-order chi connectivity index (χ0) is 99.4. The zero-order valence-electron chi connectivity index (χ0n) is 82.4. The van der Waals surface area contributed by atoms with Gasteiger partial charge in [-0.25, -0.2) is 0 Å². The average molecular weight is 1860 g/mol. The van der Waals surface area contributed by atoms with E-state index in [4.69, 9.17) is 102 Å². The molecule has 0 radical (unpaired) electrons. The fourth-order valence-corrected chi connectivity index (χ4v) is 10.7. The molecule has 0 aromatic rings. The van der Waals surface area contributed by atoms with Gasteiger partial charge in [0.15, 0.2) is 0 Å². The Kier molecular flexibility index (Phi) is 157. The topological polar surface area (TPSA) is 490 Å². The summed E-state index contributed by atoms with van der Waals surface area (Å²) in [5.41, 5.74) is 0. The van der Waals surface area contributed by atoms with Crippen LogP contribution in [-0.4, -0.2) is 229 Å². The van der Waals surface area contributed by atoms with Crippen molar-refractivity contribution in [2.24, 2.45) is 0 Å². The molecule has 0 aliphatic heterocycles. The van der Waals surface area contributed by atoms with Crippen LogP contribution in [-0.2, 0) is 24.0 Å². The summed E-state index contributed by atoms with van der Waals surface area (Å²) in [6.07, 6.45) is 107. The summed E-state index contributed by atoms with van der Waals surface area (Å²) in [4.78, 5) is 51.6. The second kappa shape index (κ2) is 141. The van der Waals surface area contributed by atoms with E-state index in [2.05, 4.69) is 156 Å². The highest BCUT2D eigenvalue weighted by Gasteiger charge is 2.03. The zero-order valence-corrected chi connectivity index (χ0v) is 82.4. The number of aliphatic carboxylic acids is 5. The summed E-state index contributed by atoms with van der Waals surface area (Å²) in [5.74, 6) is -3.35. The van der Waals surface area contributed by atoms with E-state index in [1.165, 1.54) is 225 Å². The Hall–Kier alpha value is -5.85. The maximum absolute atomic E-state index is 10.3. The van der Waals surface area contributed by atoms with Crippen LogP contribution in [0.3, 0.4) is 0 Å². The molecule has 0 atom stereocenters. The summed E-state index contributed by atoms with van der Waals surface area (Å²) >= 11 is 0. The molecule has 0 heterocycles. The minimum absolute atomic E-state index is 0.324. The van der Waals surface area contributed by atoms with E-state index in [0.717, 1.165) is 128 Å². The van der Waals surface area contributed by atoms with Gasteiger partial charge in [0.1, 0.15) is 30.5 Å². The lowest BCUT2D eigenvalue weighted by Crippen LogP contribution is -2.15. The lowest BCUT2D eigenvalue weighted by molar-refractivity contribution is -0.138. The molecule has 0 aliphatic carbocycles. The van der Waals surface area contributed by atoms with E-state index < -0.39 is 60.4 Å². The van der Waals surface area contributed by atoms with Gasteiger partial charge in [-0.1, -0.05) is 317 Å². The maximum atomic E-state index is 10.3. The Morgan fingerprint density at radius 2 is 0.262 bits per heavy atom. The van der Waals surface area contributed by atoms with Crippen LogP contribution in [0.15, 0.2) is 122 Å². The van der Waals surface area contributed by atoms with Crippen LogP contribution in [0.2, 0.25) is 0 Å². The Morgan fingerprint density at radius 1 is 0.162 bits per heavy atom. The van der Waals surface area contributed by atoms with Crippen molar-refractivity contribution in [3.8, 4) is 0 Å². The molecule has 0 aromatic heterocycles. The first kappa shape index (κ1) is 144. The van der Waals surface area contributed by atoms with Crippen LogP contribution in [0.25, 0.3) is 0 Å². The second-order valence-corrected chi connectivity index (χ2v) is 32.0. The van der Waals surface area contributed by atoms with Crippen LogP contribution < -0.4 is 0 Å². The number of hydrogen-bond acceptors (Lipinski definition) is 20. The van der Waals surface area contributed by atoms with E-state index in [1.807, 2.05) is 0 Å². The highest BCUT2D eigenvalue weighted by molar-refractivity contribution is 5.67. The van der Waals surface area contributed by atoms with Gasteiger partial charge in [-0.05, 0) is 193 Å². The third-order valence-electron chi connectivity index (χ3n) is 18.8. The van der Waals surface area contributed by atoms with Gasteiger partial charge in [0.2, 0.25) is 0 Å². The monoisotopic (exact) mass is 1860 g/mol. The van der Waals surface area contributed by atoms with Crippen molar-refractivity contribution in [3.63, 3.8) is 0 Å². The summed E-state index contributed by atoms with van der Waals surface area (Å²) in [7, 11) is 0. The molecule has 25 nitrogen and oxygen atoms in total. The fourth-order valence-electron chi connectivity index (χ4n) is 10.7. The predicted molar refractivity (Wildman–Crippen MR) is 536 cm³/mol. The van der Waals surface area contributed by atoms with E-state index in [9.17, 15) is 24.0 Å². The van der Waals surface area contributed by atoms with Crippen LogP contribution in [0.1, 0.15) is 420 Å². The average Bonchev–Trinajstić information content (AvgIpc) is 1.11. The van der Waals surface area contributed by atoms with Gasteiger partial charge in [-0.15, -0.1) is 0 Å². The largest absolute Gasteiger partial charge is 0.481 e. The third kappa shape index (κ3) is 182. The van der Waals surface area contributed by atoms with Crippen LogP contribution in [0, 0.1) is 0 Å². The predicted octanol–water partition coefficient (Wildman–Crippen LogP) is 21.1. The first-order chi connectivity index (χ1) is 62.9. The molecular formula is C105H200O25. The summed E-state index contributed by atoms with van der Waals surface area (Å²) in [6, 6.07) is 0. The van der Waals surface area contributed by atoms with Gasteiger partial charge >= 0.3 is 29.8 Å². The third-order valence-corrected chi connectivity index (χ3v) is 18.8. The quantitative estimate of drug-likeness (QED) is 0.0199. The SMILES string of the molecule is CCCCC/C=C\C/C=C\CCCCCCCC(=O)O.CCCCC/C=C\C/C=C\CCCCCCCC(=O)O.CCCCC/C=C\C/C=C\CCCCCCCC(=O)O.CCCCC/C=C\C/C=C\CCCCCCCC(=O)O.CCCCC/C=C\C/C=C\CCCCCCCC(=O)O.OCC(O)CO.OCC(O)CO.OCC(O)CO.OCC(O)CO.OCC(O)CO. The Balaban J connectivity index is -0.000000160. The molecule has 770 valence electrons. The molecule has 0 amide bonds. The van der Waals surface area contributed by atoms with E-state index in [1.54, 1.807) is 0 Å². The maximum Gasteiger partial charge on any atom is 0.303 e. The number of hydrogen-bond donors (Lipinski definition) is 20. The molecule has 0 aliphatic rings. The molecule has 0 saturated carbocycles. The summed E-state index contributed by atoms with van der Waals surface area (Å²) < 4.78 is 0. The standard InChI is InChI=1S/5C18H32O2.5C3H8O3/c5*1-2-3-4-5-6-7-8-9-10-11-12-13-14-15-16-17-18(19)20;5*4-1-3(6)2-5/h5*6-7,9-10H,2-5,8,11-17H2,1H3,(H,19,20);5*3-6H,1-2H2/b5*7-6-,10-9-;;;;;. The van der Waals surface area contributed by atoms with Gasteiger partial charge in [0.25, 0.3) is 0 Å². The highest BCUT2D eigenvalue weighted by Crippen LogP contribution is 2.14. The van der Waals surface area contributed by atoms with Crippen molar-refractivity contribution >= 4 is 29.8 Å². The highest BCUT2D eigenvalue weighted by atomic mass is 16.4. The van der Waals surface area contributed by atoms with Gasteiger partial charge in [0.05, 0.1) is 66.1 Å². The fraction of sp³-hybridized carbons (Fsp3) is 0.762. The number of carboxylic acids is 5. The van der Waals surface area contributed by atoms with Crippen molar-refractivity contribution in [1.29, 1.82) is 0 Å². The second-order valence-electron chi connectivity index (χ2n) is 32.0. The summed E-state index contributed by atoms with van der Waals surface area (Å²) in [5, 5.41) is 163. The van der Waals surface area contributed by atoms with Gasteiger partial charge in [-0.3, -0.25) is 24.0 Å². The molecule has 0 bridgehead atoms. The smallest absolute Gasteiger partial charge is 0.303 e. The van der Waals surface area contributed by atoms with Crippen molar-refractivity contribution in [2.75, 3.05) is 66.1 Å². The molecule has 20 N–H and O–H groups in total. The number of carboxylic acid groups (broad SMARTS) is 5. The van der Waals surface area contributed by atoms with Crippen molar-refractivity contribution < 1.29 is 126 Å². The Morgan fingerprint density at radius 3 is 0.354 bits per heavy atom. The molecule has 0 spiro atoms. The van der Waals surface area contributed by atoms with Gasteiger partial charge < -0.3 is 102 Å². The van der Waals surface area contributed by atoms with Crippen molar-refractivity contribution in [1.82, 2.24) is 0 Å². The van der Waals surface area contributed by atoms with Crippen molar-refractivity contribution in [3.05, 3.63) is 122 Å². The van der Waals surface area contributed by atoms with Crippen LogP contribution in [0.4, 0.5) is 0 Å². The molecule has 0 fully saturated rings.